The lowest BCUT2D eigenvalue weighted by Crippen LogP contribution is -1.96. The third-order valence-electron chi connectivity index (χ3n) is 2.89. The van der Waals surface area contributed by atoms with Crippen molar-refractivity contribution >= 4 is 10.9 Å². The molecule has 0 aliphatic rings. The van der Waals surface area contributed by atoms with Crippen LogP contribution in [0.4, 0.5) is 0 Å². The molecule has 0 aliphatic heterocycles. The van der Waals surface area contributed by atoms with Crippen molar-refractivity contribution in [3.63, 3.8) is 0 Å². The van der Waals surface area contributed by atoms with E-state index in [0.29, 0.717) is 11.8 Å². The van der Waals surface area contributed by atoms with Crippen molar-refractivity contribution in [1.82, 2.24) is 10.2 Å². The average molecular weight is 214 g/mol. The molecule has 2 nitrogen and oxygen atoms in total. The maximum absolute atomic E-state index is 4.30. The standard InChI is InChI=1S/C14H18N2/c1-9(2)11-5-6-12-8-13(10(3)4)15-16-14(12)7-11/h5-10H,1-4H3. The Kier molecular flexibility index (Phi) is 2.90. The molecule has 0 saturated heterocycles. The number of hydrogen-bond donors (Lipinski definition) is 0. The normalized spacial score (nSPS) is 11.6. The van der Waals surface area contributed by atoms with Gasteiger partial charge in [0, 0.05) is 5.39 Å². The van der Waals surface area contributed by atoms with Gasteiger partial charge >= 0.3 is 0 Å². The van der Waals surface area contributed by atoms with Crippen molar-refractivity contribution in [2.24, 2.45) is 0 Å². The minimum Gasteiger partial charge on any atom is -0.155 e. The van der Waals surface area contributed by atoms with Crippen molar-refractivity contribution in [2.45, 2.75) is 39.5 Å². The van der Waals surface area contributed by atoms with Gasteiger partial charge in [0.05, 0.1) is 11.2 Å². The molecular weight excluding hydrogens is 196 g/mol. The number of benzene rings is 1. The summed E-state index contributed by atoms with van der Waals surface area (Å²) < 4.78 is 0. The zero-order chi connectivity index (χ0) is 11.7. The third-order valence-corrected chi connectivity index (χ3v) is 2.89. The zero-order valence-electron chi connectivity index (χ0n) is 10.4. The van der Waals surface area contributed by atoms with Crippen LogP contribution in [0.2, 0.25) is 0 Å². The number of rotatable bonds is 2. The Morgan fingerprint density at radius 3 is 2.25 bits per heavy atom. The van der Waals surface area contributed by atoms with Gasteiger partial charge in [-0.2, -0.15) is 10.2 Å². The highest BCUT2D eigenvalue weighted by Gasteiger charge is 2.05. The summed E-state index contributed by atoms with van der Waals surface area (Å²) in [4.78, 5) is 0. The lowest BCUT2D eigenvalue weighted by molar-refractivity contribution is 0.794. The van der Waals surface area contributed by atoms with Gasteiger partial charge in [-0.25, -0.2) is 0 Å². The van der Waals surface area contributed by atoms with Crippen LogP contribution in [0.25, 0.3) is 10.9 Å². The highest BCUT2D eigenvalue weighted by Crippen LogP contribution is 2.21. The third kappa shape index (κ3) is 2.06. The van der Waals surface area contributed by atoms with E-state index in [-0.39, 0.29) is 0 Å². The van der Waals surface area contributed by atoms with Gasteiger partial charge in [-0.3, -0.25) is 0 Å². The van der Waals surface area contributed by atoms with E-state index in [1.807, 2.05) is 0 Å². The van der Waals surface area contributed by atoms with E-state index in [2.05, 4.69) is 62.2 Å². The second-order valence-electron chi connectivity index (χ2n) is 4.90. The summed E-state index contributed by atoms with van der Waals surface area (Å²) in [6.45, 7) is 8.66. The van der Waals surface area contributed by atoms with Crippen molar-refractivity contribution in [3.05, 3.63) is 35.5 Å². The molecule has 2 aromatic rings. The van der Waals surface area contributed by atoms with Crippen LogP contribution in [0.3, 0.4) is 0 Å². The number of nitrogens with zero attached hydrogens (tertiary/aromatic N) is 2. The van der Waals surface area contributed by atoms with E-state index in [1.165, 1.54) is 10.9 Å². The highest BCUT2D eigenvalue weighted by atomic mass is 15.1. The summed E-state index contributed by atoms with van der Waals surface area (Å²) in [7, 11) is 0. The molecule has 2 rings (SSSR count). The summed E-state index contributed by atoms with van der Waals surface area (Å²) >= 11 is 0. The molecular formula is C14H18N2. The van der Waals surface area contributed by atoms with Gasteiger partial charge in [0.25, 0.3) is 0 Å². The number of hydrogen-bond acceptors (Lipinski definition) is 2. The lowest BCUT2D eigenvalue weighted by Gasteiger charge is -2.08. The first kappa shape index (κ1) is 11.1. The maximum atomic E-state index is 4.30. The first-order valence-corrected chi connectivity index (χ1v) is 5.85. The van der Waals surface area contributed by atoms with Gasteiger partial charge in [0.15, 0.2) is 0 Å². The molecule has 1 heterocycles. The fraction of sp³-hybridized carbons (Fsp3) is 0.429. The Hall–Kier alpha value is -1.44. The predicted octanol–water partition coefficient (Wildman–Crippen LogP) is 3.88. The fourth-order valence-electron chi connectivity index (χ4n) is 1.71. The summed E-state index contributed by atoms with van der Waals surface area (Å²) in [5.74, 6) is 0.970. The van der Waals surface area contributed by atoms with Crippen molar-refractivity contribution in [3.8, 4) is 0 Å². The summed E-state index contributed by atoms with van der Waals surface area (Å²) in [6.07, 6.45) is 0. The van der Waals surface area contributed by atoms with Gasteiger partial charge in [-0.1, -0.05) is 39.8 Å². The van der Waals surface area contributed by atoms with Crippen LogP contribution in [0.1, 0.15) is 50.8 Å². The quantitative estimate of drug-likeness (QED) is 0.758. The lowest BCUT2D eigenvalue weighted by atomic mass is 10.0. The summed E-state index contributed by atoms with van der Waals surface area (Å²) in [6, 6.07) is 8.60. The van der Waals surface area contributed by atoms with Crippen molar-refractivity contribution < 1.29 is 0 Å². The molecule has 1 aromatic carbocycles. The Labute approximate surface area is 96.7 Å². The molecule has 84 valence electrons. The van der Waals surface area contributed by atoms with E-state index in [9.17, 15) is 0 Å². The Morgan fingerprint density at radius 2 is 1.62 bits per heavy atom. The molecule has 16 heavy (non-hydrogen) atoms. The van der Waals surface area contributed by atoms with Crippen molar-refractivity contribution in [2.75, 3.05) is 0 Å². The van der Waals surface area contributed by atoms with Crippen LogP contribution < -0.4 is 0 Å². The molecule has 0 aliphatic carbocycles. The Bertz CT molecular complexity index is 454. The monoisotopic (exact) mass is 214 g/mol. The van der Waals surface area contributed by atoms with Crippen molar-refractivity contribution in [1.29, 1.82) is 0 Å². The summed E-state index contributed by atoms with van der Waals surface area (Å²) in [5.41, 5.74) is 3.37. The van der Waals surface area contributed by atoms with Gasteiger partial charge in [-0.05, 0) is 29.5 Å². The minimum atomic E-state index is 0.432. The molecule has 1 aromatic heterocycles. The van der Waals surface area contributed by atoms with E-state index in [4.69, 9.17) is 0 Å². The molecule has 0 saturated carbocycles. The second kappa shape index (κ2) is 4.20. The molecule has 0 spiro atoms. The van der Waals surface area contributed by atoms with Crippen LogP contribution in [-0.2, 0) is 0 Å². The molecule has 0 amide bonds. The molecule has 0 bridgehead atoms. The molecule has 2 heteroatoms. The fourth-order valence-corrected chi connectivity index (χ4v) is 1.71. The smallest absolute Gasteiger partial charge is 0.0932 e. The van der Waals surface area contributed by atoms with Gasteiger partial charge in [0.2, 0.25) is 0 Å². The van der Waals surface area contributed by atoms with E-state index in [0.717, 1.165) is 11.2 Å². The number of fused-ring (bicyclic) bond motifs is 1. The predicted molar refractivity (Wildman–Crippen MR) is 67.7 cm³/mol. The van der Waals surface area contributed by atoms with Crippen LogP contribution in [0.5, 0.6) is 0 Å². The second-order valence-corrected chi connectivity index (χ2v) is 4.90. The zero-order valence-corrected chi connectivity index (χ0v) is 10.4. The molecule has 0 fully saturated rings. The van der Waals surface area contributed by atoms with Crippen LogP contribution >= 0.6 is 0 Å². The average Bonchev–Trinajstić information content (AvgIpc) is 2.27. The van der Waals surface area contributed by atoms with Crippen LogP contribution in [0.15, 0.2) is 24.3 Å². The minimum absolute atomic E-state index is 0.432. The SMILES string of the molecule is CC(C)c1ccc2cc(C(C)C)nnc2c1. The molecule has 0 atom stereocenters. The van der Waals surface area contributed by atoms with E-state index in [1.54, 1.807) is 0 Å². The molecule has 0 unspecified atom stereocenters. The Morgan fingerprint density at radius 1 is 0.875 bits per heavy atom. The number of aromatic nitrogens is 2. The van der Waals surface area contributed by atoms with Crippen LogP contribution in [0, 0.1) is 0 Å². The van der Waals surface area contributed by atoms with E-state index < -0.39 is 0 Å². The van der Waals surface area contributed by atoms with Gasteiger partial charge in [-0.15, -0.1) is 0 Å². The topological polar surface area (TPSA) is 25.8 Å². The first-order chi connectivity index (χ1) is 7.58. The molecule has 0 N–H and O–H groups in total. The largest absolute Gasteiger partial charge is 0.155 e. The van der Waals surface area contributed by atoms with Gasteiger partial charge < -0.3 is 0 Å². The van der Waals surface area contributed by atoms with Crippen LogP contribution in [-0.4, -0.2) is 10.2 Å². The highest BCUT2D eigenvalue weighted by molar-refractivity contribution is 5.79. The van der Waals surface area contributed by atoms with E-state index >= 15 is 0 Å². The van der Waals surface area contributed by atoms with Gasteiger partial charge in [0.1, 0.15) is 0 Å². The Balaban J connectivity index is 2.53. The summed E-state index contributed by atoms with van der Waals surface area (Å²) in [5, 5.41) is 9.74. The first-order valence-electron chi connectivity index (χ1n) is 5.85. The maximum Gasteiger partial charge on any atom is 0.0932 e. The molecule has 0 radical (unpaired) electrons.